The van der Waals surface area contributed by atoms with Crippen molar-refractivity contribution in [1.82, 2.24) is 19.4 Å². The van der Waals surface area contributed by atoms with E-state index in [2.05, 4.69) is 26.7 Å². The Labute approximate surface area is 182 Å². The van der Waals surface area contributed by atoms with E-state index in [0.717, 1.165) is 58.7 Å². The van der Waals surface area contributed by atoms with Gasteiger partial charge in [-0.15, -0.1) is 0 Å². The lowest BCUT2D eigenvalue weighted by Gasteiger charge is -2.38. The van der Waals surface area contributed by atoms with E-state index in [1.165, 1.54) is 6.07 Å². The van der Waals surface area contributed by atoms with Crippen LogP contribution in [0.4, 0.5) is 11.4 Å². The second-order valence-corrected chi connectivity index (χ2v) is 8.69. The van der Waals surface area contributed by atoms with Gasteiger partial charge in [0.25, 0.3) is 5.69 Å². The van der Waals surface area contributed by atoms with Crippen LogP contribution < -0.4 is 4.90 Å². The highest BCUT2D eigenvalue weighted by molar-refractivity contribution is 6.07. The number of hydrogen-bond acceptors (Lipinski definition) is 7. The fraction of sp³-hybridized carbons (Fsp3) is 0.545. The number of carbonyl (C=O) groups excluding carboxylic acids is 1. The lowest BCUT2D eigenvalue weighted by molar-refractivity contribution is -0.384. The number of nitro benzene ring substituents is 1. The quantitative estimate of drug-likeness (QED) is 0.397. The summed E-state index contributed by atoms with van der Waals surface area (Å²) in [6, 6.07) is 4.79. The molecule has 2 fully saturated rings. The number of nitrogens with zero attached hydrogens (tertiary/aromatic N) is 6. The Hall–Kier alpha value is -2.78. The molecule has 0 N–H and O–H groups in total. The third-order valence-corrected chi connectivity index (χ3v) is 6.53. The van der Waals surface area contributed by atoms with Gasteiger partial charge in [0.1, 0.15) is 5.69 Å². The minimum absolute atomic E-state index is 0.0161. The van der Waals surface area contributed by atoms with Gasteiger partial charge in [-0.1, -0.05) is 0 Å². The smallest absolute Gasteiger partial charge is 0.293 e. The Morgan fingerprint density at radius 3 is 2.45 bits per heavy atom. The normalized spacial score (nSPS) is 19.0. The molecule has 3 heterocycles. The highest BCUT2D eigenvalue weighted by Gasteiger charge is 2.28. The van der Waals surface area contributed by atoms with Crippen molar-refractivity contribution in [2.75, 3.05) is 57.8 Å². The van der Waals surface area contributed by atoms with Crippen LogP contribution in [0.2, 0.25) is 0 Å². The van der Waals surface area contributed by atoms with Crippen molar-refractivity contribution in [2.24, 2.45) is 13.0 Å². The van der Waals surface area contributed by atoms with Gasteiger partial charge in [0.15, 0.2) is 5.82 Å². The molecule has 1 aromatic heterocycles. The first-order valence-corrected chi connectivity index (χ1v) is 10.9. The van der Waals surface area contributed by atoms with Gasteiger partial charge in [0.05, 0.1) is 4.92 Å². The van der Waals surface area contributed by atoms with Crippen LogP contribution in [0, 0.1) is 16.0 Å². The van der Waals surface area contributed by atoms with E-state index in [-0.39, 0.29) is 27.8 Å². The first-order valence-electron chi connectivity index (χ1n) is 10.9. The number of anilines is 1. The summed E-state index contributed by atoms with van der Waals surface area (Å²) in [5, 5.41) is 11.8. The van der Waals surface area contributed by atoms with E-state index in [4.69, 9.17) is 0 Å². The molecule has 2 aromatic rings. The van der Waals surface area contributed by atoms with Crippen molar-refractivity contribution in [3.8, 4) is 0 Å². The first-order chi connectivity index (χ1) is 14.9. The minimum Gasteiger partial charge on any atom is -0.366 e. The van der Waals surface area contributed by atoms with E-state index in [1.807, 2.05) is 0 Å². The van der Waals surface area contributed by atoms with Gasteiger partial charge in [0.2, 0.25) is 5.78 Å². The van der Waals surface area contributed by atoms with Gasteiger partial charge < -0.3 is 19.3 Å². The summed E-state index contributed by atoms with van der Waals surface area (Å²) in [6.45, 7) is 7.18. The zero-order valence-corrected chi connectivity index (χ0v) is 18.2. The largest absolute Gasteiger partial charge is 0.366 e. The number of aromatic nitrogens is 2. The van der Waals surface area contributed by atoms with Crippen LogP contribution >= 0.6 is 0 Å². The van der Waals surface area contributed by atoms with Crippen LogP contribution in [0.5, 0.6) is 0 Å². The number of rotatable bonds is 6. The number of piperidine rings is 1. The molecule has 0 unspecified atom stereocenters. The minimum atomic E-state index is -0.388. The van der Waals surface area contributed by atoms with E-state index in [0.29, 0.717) is 11.6 Å². The van der Waals surface area contributed by atoms with Crippen LogP contribution in [0.1, 0.15) is 29.0 Å². The number of imidazole rings is 1. The summed E-state index contributed by atoms with van der Waals surface area (Å²) >= 11 is 0. The van der Waals surface area contributed by atoms with Gasteiger partial charge in [-0.25, -0.2) is 4.98 Å². The highest BCUT2D eigenvalue weighted by Crippen LogP contribution is 2.33. The average molecular weight is 427 g/mol. The fourth-order valence-electron chi connectivity index (χ4n) is 4.54. The predicted molar refractivity (Wildman–Crippen MR) is 119 cm³/mol. The zero-order chi connectivity index (χ0) is 22.0. The molecule has 31 heavy (non-hydrogen) atoms. The van der Waals surface area contributed by atoms with Crippen LogP contribution in [0.15, 0.2) is 30.6 Å². The number of piperazine rings is 1. The number of aryl methyl sites for hydroxylation is 1. The molecule has 0 aliphatic carbocycles. The lowest BCUT2D eigenvalue weighted by atomic mass is 9.95. The highest BCUT2D eigenvalue weighted by atomic mass is 16.6. The topological polar surface area (TPSA) is 87.8 Å². The molecule has 4 rings (SSSR count). The molecule has 0 amide bonds. The van der Waals surface area contributed by atoms with Gasteiger partial charge in [0, 0.05) is 76.9 Å². The van der Waals surface area contributed by atoms with Crippen molar-refractivity contribution < 1.29 is 9.72 Å². The van der Waals surface area contributed by atoms with Crippen LogP contribution in [-0.4, -0.2) is 82.9 Å². The second kappa shape index (κ2) is 9.15. The summed E-state index contributed by atoms with van der Waals surface area (Å²) in [5.41, 5.74) is 0.867. The molecule has 9 heteroatoms. The number of hydrogen-bond donors (Lipinski definition) is 0. The van der Waals surface area contributed by atoms with Crippen molar-refractivity contribution in [1.29, 1.82) is 0 Å². The Morgan fingerprint density at radius 1 is 1.13 bits per heavy atom. The standard InChI is InChI=1S/C22H30N6O3/c1-24-11-13-26(14-12-24)16-17-5-8-27(9-6-17)19-4-3-18(15-20(19)28(30)31)21(29)22-23-7-10-25(22)2/h3-4,7,10,15,17H,5-6,8-9,11-14,16H2,1-2H3. The molecule has 166 valence electrons. The van der Waals surface area contributed by atoms with E-state index < -0.39 is 0 Å². The zero-order valence-electron chi connectivity index (χ0n) is 18.2. The summed E-state index contributed by atoms with van der Waals surface area (Å²) < 4.78 is 1.62. The van der Waals surface area contributed by atoms with Gasteiger partial charge in [-0.05, 0) is 37.9 Å². The molecular weight excluding hydrogens is 396 g/mol. The van der Waals surface area contributed by atoms with Crippen LogP contribution in [0.3, 0.4) is 0 Å². The Morgan fingerprint density at radius 2 is 1.84 bits per heavy atom. The number of carbonyl (C=O) groups is 1. The molecular formula is C22H30N6O3. The molecule has 9 nitrogen and oxygen atoms in total. The molecule has 0 spiro atoms. The Kier molecular flexibility index (Phi) is 6.33. The number of nitro groups is 1. The predicted octanol–water partition coefficient (Wildman–Crippen LogP) is 2.02. The van der Waals surface area contributed by atoms with Crippen molar-refractivity contribution in [3.05, 3.63) is 52.1 Å². The third kappa shape index (κ3) is 4.77. The van der Waals surface area contributed by atoms with Gasteiger partial charge in [-0.2, -0.15) is 0 Å². The monoisotopic (exact) mass is 426 g/mol. The van der Waals surface area contributed by atoms with Crippen molar-refractivity contribution in [3.63, 3.8) is 0 Å². The number of likely N-dealkylation sites (N-methyl/N-ethyl adjacent to an activating group) is 1. The maximum Gasteiger partial charge on any atom is 0.293 e. The third-order valence-electron chi connectivity index (χ3n) is 6.53. The van der Waals surface area contributed by atoms with Crippen molar-refractivity contribution >= 4 is 17.2 Å². The van der Waals surface area contributed by atoms with Crippen LogP contribution in [0.25, 0.3) is 0 Å². The molecule has 1 aromatic carbocycles. The average Bonchev–Trinajstić information content (AvgIpc) is 3.21. The molecule has 2 aliphatic rings. The molecule has 0 saturated carbocycles. The molecule has 0 radical (unpaired) electrons. The summed E-state index contributed by atoms with van der Waals surface area (Å²) in [4.78, 5) is 35.2. The van der Waals surface area contributed by atoms with E-state index in [9.17, 15) is 14.9 Å². The number of benzene rings is 1. The van der Waals surface area contributed by atoms with E-state index >= 15 is 0 Å². The maximum atomic E-state index is 12.7. The summed E-state index contributed by atoms with van der Waals surface area (Å²) in [7, 11) is 3.90. The molecule has 0 atom stereocenters. The number of ketones is 1. The summed E-state index contributed by atoms with van der Waals surface area (Å²) in [6.07, 6.45) is 5.28. The maximum absolute atomic E-state index is 12.7. The van der Waals surface area contributed by atoms with E-state index in [1.54, 1.807) is 36.1 Å². The second-order valence-electron chi connectivity index (χ2n) is 8.69. The molecule has 2 saturated heterocycles. The Bertz CT molecular complexity index is 942. The fourth-order valence-corrected chi connectivity index (χ4v) is 4.54. The molecule has 0 bridgehead atoms. The SMILES string of the molecule is CN1CCN(CC2CCN(c3ccc(C(=O)c4nccn4C)cc3[N+](=O)[O-])CC2)CC1. The summed E-state index contributed by atoms with van der Waals surface area (Å²) in [5.74, 6) is 0.586. The van der Waals surface area contributed by atoms with Gasteiger partial charge >= 0.3 is 0 Å². The first kappa shape index (κ1) is 21.5. The molecule has 2 aliphatic heterocycles. The Balaban J connectivity index is 1.43. The lowest BCUT2D eigenvalue weighted by Crippen LogP contribution is -2.47. The van der Waals surface area contributed by atoms with Gasteiger partial charge in [-0.3, -0.25) is 14.9 Å². The van der Waals surface area contributed by atoms with Crippen LogP contribution in [-0.2, 0) is 7.05 Å². The van der Waals surface area contributed by atoms with Crippen molar-refractivity contribution in [2.45, 2.75) is 12.8 Å².